The zero-order valence-electron chi connectivity index (χ0n) is 27.8. The molecule has 0 radical (unpaired) electrons. The molecule has 0 amide bonds. The van der Waals surface area contributed by atoms with Gasteiger partial charge in [-0.2, -0.15) is 0 Å². The smallest absolute Gasteiger partial charge is 0.126 e. The molecule has 2 unspecified atom stereocenters. The molecule has 0 saturated heterocycles. The minimum Gasteiger partial charge on any atom is -0.300 e. The van der Waals surface area contributed by atoms with Crippen LogP contribution in [0.15, 0.2) is 84.5 Å². The Balaban J connectivity index is -0.000000485. The van der Waals surface area contributed by atoms with Crippen LogP contribution in [-0.4, -0.2) is 11.2 Å². The maximum Gasteiger partial charge on any atom is 0.126 e. The zero-order valence-corrected chi connectivity index (χ0v) is 28.6. The van der Waals surface area contributed by atoms with Crippen molar-refractivity contribution in [3.05, 3.63) is 95.6 Å². The van der Waals surface area contributed by atoms with E-state index >= 15 is 0 Å². The van der Waals surface area contributed by atoms with Gasteiger partial charge in [0, 0.05) is 0 Å². The fourth-order valence-electron chi connectivity index (χ4n) is 3.86. The summed E-state index contributed by atoms with van der Waals surface area (Å²) in [5.74, 6) is 1.69. The van der Waals surface area contributed by atoms with E-state index in [4.69, 9.17) is 0 Å². The molecule has 1 aliphatic rings. The number of aryl methyl sites for hydroxylation is 2. The number of carbonyl (C=O) groups excluding carboxylic acids is 1. The Morgan fingerprint density at radius 1 is 1.00 bits per heavy atom. The van der Waals surface area contributed by atoms with Crippen molar-refractivity contribution < 1.29 is 4.79 Å². The molecule has 0 aromatic heterocycles. The highest BCUT2D eigenvalue weighted by Crippen LogP contribution is 2.24. The van der Waals surface area contributed by atoms with Crippen molar-refractivity contribution in [2.24, 2.45) is 11.8 Å². The monoisotopic (exact) mass is 566 g/mol. The summed E-state index contributed by atoms with van der Waals surface area (Å²) in [5.41, 5.74) is 5.57. The van der Waals surface area contributed by atoms with Gasteiger partial charge in [-0.1, -0.05) is 151 Å². The van der Waals surface area contributed by atoms with E-state index in [9.17, 15) is 4.79 Å². The number of unbranched alkanes of at least 4 members (excludes halogenated alkanes) is 1. The lowest BCUT2D eigenvalue weighted by molar-refractivity contribution is -0.114. The Bertz CT molecular complexity index is 860. The number of hydrogen-bond donors (Lipinski definition) is 0. The van der Waals surface area contributed by atoms with Crippen molar-refractivity contribution >= 4 is 23.4 Å². The summed E-state index contributed by atoms with van der Waals surface area (Å²) in [5, 5.41) is 1.58. The van der Waals surface area contributed by atoms with E-state index in [1.165, 1.54) is 81.1 Å². The van der Waals surface area contributed by atoms with Crippen LogP contribution in [0.25, 0.3) is 0 Å². The third-order valence-corrected chi connectivity index (χ3v) is 6.11. The first-order valence-electron chi connectivity index (χ1n) is 15.2. The van der Waals surface area contributed by atoms with Crippen LogP contribution in [0.2, 0.25) is 0 Å². The lowest BCUT2D eigenvalue weighted by atomic mass is 9.90. The van der Waals surface area contributed by atoms with Gasteiger partial charge >= 0.3 is 0 Å². The van der Waals surface area contributed by atoms with Gasteiger partial charge in [0.05, 0.1) is 0 Å². The number of hydrogen-bond acceptors (Lipinski definition) is 2. The number of thiocarbonyl (C=S) groups is 1. The van der Waals surface area contributed by atoms with Crippen LogP contribution in [0, 0.1) is 25.7 Å². The Morgan fingerprint density at radius 3 is 1.93 bits per heavy atom. The molecule has 226 valence electrons. The summed E-state index contributed by atoms with van der Waals surface area (Å²) >= 11 is 4.27. The fourth-order valence-corrected chi connectivity index (χ4v) is 3.86. The van der Waals surface area contributed by atoms with E-state index in [0.29, 0.717) is 5.92 Å². The summed E-state index contributed by atoms with van der Waals surface area (Å²) in [7, 11) is 0. The van der Waals surface area contributed by atoms with E-state index in [1.54, 1.807) is 5.37 Å². The van der Waals surface area contributed by atoms with Gasteiger partial charge < -0.3 is 4.79 Å². The van der Waals surface area contributed by atoms with E-state index in [0.717, 1.165) is 12.3 Å². The highest BCUT2D eigenvalue weighted by molar-refractivity contribution is 7.78. The highest BCUT2D eigenvalue weighted by atomic mass is 32.1. The second-order valence-electron chi connectivity index (χ2n) is 10.5. The van der Waals surface area contributed by atoms with Gasteiger partial charge in [0.15, 0.2) is 0 Å². The number of rotatable bonds is 10. The van der Waals surface area contributed by atoms with Gasteiger partial charge in [-0.05, 0) is 94.7 Å². The first-order chi connectivity index (χ1) is 19.0. The van der Waals surface area contributed by atoms with E-state index in [-0.39, 0.29) is 5.78 Å². The number of ketones is 1. The van der Waals surface area contributed by atoms with E-state index in [2.05, 4.69) is 128 Å². The Labute approximate surface area is 255 Å². The van der Waals surface area contributed by atoms with Crippen molar-refractivity contribution in [2.75, 3.05) is 0 Å². The van der Waals surface area contributed by atoms with Gasteiger partial charge in [0.1, 0.15) is 5.78 Å². The molecule has 2 atom stereocenters. The van der Waals surface area contributed by atoms with E-state index < -0.39 is 0 Å². The summed E-state index contributed by atoms with van der Waals surface area (Å²) in [6.07, 6.45) is 25.6. The molecule has 0 heterocycles. The van der Waals surface area contributed by atoms with Crippen LogP contribution in [0.1, 0.15) is 118 Å². The molecule has 0 spiro atoms. The minimum atomic E-state index is 0.167. The second kappa shape index (κ2) is 31.2. The van der Waals surface area contributed by atoms with Gasteiger partial charge in [-0.3, -0.25) is 0 Å². The second-order valence-corrected chi connectivity index (χ2v) is 11.0. The SMILES string of the molecule is C=C/C=C(\C=C/C)C(C)CC1=CCCC=C1.CC(C)=O.CC=S.CCCCC(C)CCC.Cc1ccccc1C. The molecule has 0 N–H and O–H groups in total. The molecule has 1 aromatic rings. The predicted molar refractivity (Wildman–Crippen MR) is 189 cm³/mol. The molecule has 0 fully saturated rings. The molecule has 0 saturated carbocycles. The van der Waals surface area contributed by atoms with Gasteiger partial charge in [0.2, 0.25) is 0 Å². The van der Waals surface area contributed by atoms with Crippen LogP contribution < -0.4 is 0 Å². The van der Waals surface area contributed by atoms with Crippen LogP contribution in [0.3, 0.4) is 0 Å². The largest absolute Gasteiger partial charge is 0.300 e. The molecule has 0 bridgehead atoms. The topological polar surface area (TPSA) is 17.1 Å². The lowest BCUT2D eigenvalue weighted by Gasteiger charge is -2.15. The van der Waals surface area contributed by atoms with E-state index in [1.807, 2.05) is 13.0 Å². The van der Waals surface area contributed by atoms with Crippen LogP contribution in [0.4, 0.5) is 0 Å². The molecule has 2 rings (SSSR count). The van der Waals surface area contributed by atoms with Crippen molar-refractivity contribution in [3.63, 3.8) is 0 Å². The van der Waals surface area contributed by atoms with Gasteiger partial charge in [-0.25, -0.2) is 0 Å². The maximum atomic E-state index is 9.44. The zero-order chi connectivity index (χ0) is 31.2. The first-order valence-corrected chi connectivity index (χ1v) is 15.7. The molecule has 1 nitrogen and oxygen atoms in total. The minimum absolute atomic E-state index is 0.167. The third-order valence-electron chi connectivity index (χ3n) is 6.11. The fraction of sp³-hybridized carbons (Fsp3) is 0.526. The molecule has 40 heavy (non-hydrogen) atoms. The summed E-state index contributed by atoms with van der Waals surface area (Å²) < 4.78 is 0. The first kappa shape index (κ1) is 42.2. The number of allylic oxidation sites excluding steroid dienone is 9. The van der Waals surface area contributed by atoms with Crippen molar-refractivity contribution in [1.29, 1.82) is 0 Å². The standard InChI is InChI=1S/C16H22.C9H20.C8H10.C3H6O.C2H4S/c1-4-9-16(10-5-2)14(3)13-15-11-7-6-8-12-15;1-4-6-8-9(3)7-5-2;1-7-5-3-4-6-8(7)2;1-3(2)4;1-2-3/h4-5,7,9-12,14H,1,6,8,13H2,2-3H3;9H,4-8H2,1-3H3;3-6H,1-2H3;1-2H3;2H,1H3/b10-5-,16-9+;;;;. The number of benzene rings is 1. The Morgan fingerprint density at radius 2 is 1.55 bits per heavy atom. The Hall–Kier alpha value is -2.32. The van der Waals surface area contributed by atoms with Crippen LogP contribution >= 0.6 is 12.2 Å². The van der Waals surface area contributed by atoms with Gasteiger partial charge in [0.25, 0.3) is 0 Å². The normalized spacial score (nSPS) is 13.3. The predicted octanol–water partition coefficient (Wildman–Crippen LogP) is 12.5. The summed E-state index contributed by atoms with van der Waals surface area (Å²) in [6.45, 7) is 24.1. The summed E-state index contributed by atoms with van der Waals surface area (Å²) in [6, 6.07) is 8.36. The molecular weight excluding hydrogens is 504 g/mol. The molecule has 1 aliphatic carbocycles. The van der Waals surface area contributed by atoms with Crippen LogP contribution in [-0.2, 0) is 4.79 Å². The average Bonchev–Trinajstić information content (AvgIpc) is 2.91. The summed E-state index contributed by atoms with van der Waals surface area (Å²) in [4.78, 5) is 9.44. The lowest BCUT2D eigenvalue weighted by Crippen LogP contribution is -2.00. The van der Waals surface area contributed by atoms with Crippen molar-refractivity contribution in [2.45, 2.75) is 121 Å². The number of carbonyl (C=O) groups is 1. The number of Topliss-reactive ketones (excluding diaryl/α,β-unsaturated/α-hetero) is 1. The highest BCUT2D eigenvalue weighted by Gasteiger charge is 2.08. The Kier molecular flexibility index (Phi) is 32.9. The van der Waals surface area contributed by atoms with Gasteiger partial charge in [-0.15, -0.1) is 0 Å². The average molecular weight is 567 g/mol. The van der Waals surface area contributed by atoms with Crippen molar-refractivity contribution in [1.82, 2.24) is 0 Å². The maximum absolute atomic E-state index is 9.44. The molecule has 2 heteroatoms. The third kappa shape index (κ3) is 30.2. The quantitative estimate of drug-likeness (QED) is 0.207. The molecular formula is C38H62OS. The molecule has 1 aromatic carbocycles. The van der Waals surface area contributed by atoms with Crippen molar-refractivity contribution in [3.8, 4) is 0 Å². The van der Waals surface area contributed by atoms with Crippen LogP contribution in [0.5, 0.6) is 0 Å². The molecule has 0 aliphatic heterocycles.